The van der Waals surface area contributed by atoms with Crippen LogP contribution in [0.25, 0.3) is 0 Å². The predicted molar refractivity (Wildman–Crippen MR) is 154 cm³/mol. The van der Waals surface area contributed by atoms with Gasteiger partial charge in [0.25, 0.3) is 0 Å². The van der Waals surface area contributed by atoms with Crippen molar-refractivity contribution in [2.24, 2.45) is 34.8 Å². The van der Waals surface area contributed by atoms with Crippen LogP contribution in [0, 0.1) is 29.1 Å². The van der Waals surface area contributed by atoms with E-state index in [1.54, 1.807) is 0 Å². The van der Waals surface area contributed by atoms with E-state index in [0.717, 1.165) is 45.1 Å². The van der Waals surface area contributed by atoms with E-state index in [9.17, 15) is 14.7 Å². The SMILES string of the molecule is CC1CC(=O)C2C(CC3OC(C)(C)[C@@H]4OC(=O)[C@]5(CCCC[C@@H]4C3C2O)O[C@@H]5CC2(C3CCNC(N)C3)CCCC2)O1. The lowest BCUT2D eigenvalue weighted by Gasteiger charge is -2.57. The Morgan fingerprint density at radius 1 is 1.00 bits per heavy atom. The minimum Gasteiger partial charge on any atom is -0.457 e. The van der Waals surface area contributed by atoms with Gasteiger partial charge in [0.05, 0.1) is 42.6 Å². The van der Waals surface area contributed by atoms with Gasteiger partial charge in [-0.05, 0) is 90.0 Å². The van der Waals surface area contributed by atoms with Crippen LogP contribution in [-0.2, 0) is 28.5 Å². The number of nitrogens with one attached hydrogen (secondary N) is 1. The highest BCUT2D eigenvalue weighted by molar-refractivity contribution is 5.84. The first-order valence-electron chi connectivity index (χ1n) is 16.9. The van der Waals surface area contributed by atoms with Crippen molar-refractivity contribution in [3.05, 3.63) is 0 Å². The molecule has 12 atom stereocenters. The molecule has 5 saturated heterocycles. The number of nitrogens with two attached hydrogens (primary N) is 1. The summed E-state index contributed by atoms with van der Waals surface area (Å²) >= 11 is 0. The Morgan fingerprint density at radius 3 is 2.52 bits per heavy atom. The second-order valence-electron chi connectivity index (χ2n) is 15.5. The van der Waals surface area contributed by atoms with Crippen molar-refractivity contribution >= 4 is 11.8 Å². The van der Waals surface area contributed by atoms with Crippen LogP contribution >= 0.6 is 0 Å². The molecular formula is C33H52N2O7. The maximum Gasteiger partial charge on any atom is 0.341 e. The number of carbonyl (C=O) groups excluding carboxylic acids is 2. The molecule has 5 aliphatic heterocycles. The Morgan fingerprint density at radius 2 is 1.76 bits per heavy atom. The average molecular weight is 589 g/mol. The number of ether oxygens (including phenoxy) is 4. The number of fused-ring (bicyclic) bond motifs is 4. The number of esters is 1. The first-order valence-corrected chi connectivity index (χ1v) is 16.9. The van der Waals surface area contributed by atoms with Crippen molar-refractivity contribution in [3.63, 3.8) is 0 Å². The number of Topliss-reactive ketones (excluding diaryl/α,β-unsaturated/α-hetero) is 1. The second kappa shape index (κ2) is 10.8. The van der Waals surface area contributed by atoms with Crippen molar-refractivity contribution in [3.8, 4) is 0 Å². The summed E-state index contributed by atoms with van der Waals surface area (Å²) in [5.74, 6) is -0.518. The van der Waals surface area contributed by atoms with E-state index in [4.69, 9.17) is 24.7 Å². The zero-order chi connectivity index (χ0) is 29.4. The fourth-order valence-corrected chi connectivity index (χ4v) is 10.6. The molecule has 42 heavy (non-hydrogen) atoms. The Kier molecular flexibility index (Phi) is 7.59. The van der Waals surface area contributed by atoms with Gasteiger partial charge in [-0.1, -0.05) is 19.3 Å². The summed E-state index contributed by atoms with van der Waals surface area (Å²) in [6.45, 7) is 6.89. The van der Waals surface area contributed by atoms with Gasteiger partial charge < -0.3 is 35.1 Å². The summed E-state index contributed by atoms with van der Waals surface area (Å²) in [7, 11) is 0. The van der Waals surface area contributed by atoms with Crippen molar-refractivity contribution in [1.29, 1.82) is 0 Å². The molecule has 7 aliphatic rings. The highest BCUT2D eigenvalue weighted by atomic mass is 16.7. The predicted octanol–water partition coefficient (Wildman–Crippen LogP) is 3.38. The van der Waals surface area contributed by atoms with Crippen LogP contribution in [0.5, 0.6) is 0 Å². The molecule has 0 aromatic rings. The number of aliphatic hydroxyl groups excluding tert-OH is 1. The molecule has 2 aliphatic carbocycles. The maximum absolute atomic E-state index is 14.2. The molecule has 9 nitrogen and oxygen atoms in total. The lowest BCUT2D eigenvalue weighted by atomic mass is 9.62. The second-order valence-corrected chi connectivity index (χ2v) is 15.5. The smallest absolute Gasteiger partial charge is 0.341 e. The van der Waals surface area contributed by atoms with Gasteiger partial charge in [-0.3, -0.25) is 4.79 Å². The molecule has 0 radical (unpaired) electrons. The first-order chi connectivity index (χ1) is 20.0. The van der Waals surface area contributed by atoms with Gasteiger partial charge >= 0.3 is 5.97 Å². The number of epoxide rings is 1. The zero-order valence-corrected chi connectivity index (χ0v) is 25.7. The van der Waals surface area contributed by atoms with Gasteiger partial charge in [0.2, 0.25) is 0 Å². The molecule has 7 fully saturated rings. The number of carbonyl (C=O) groups is 2. The summed E-state index contributed by atoms with van der Waals surface area (Å²) in [5, 5.41) is 15.1. The molecule has 8 unspecified atom stereocenters. The standard InChI is InChI=1S/C33H52N2O7/c1-18-14-21(36)27-22(39-18)16-23-26(28(27)37)20-8-4-5-12-33(30(38)40-29(20)31(2,3)41-23)24(42-33)17-32(10-6-7-11-32)19-9-13-35-25(34)15-19/h18-20,22-29,35,37H,4-17,34H2,1-3H3/t18?,19?,20-,22?,23?,24-,25?,26?,27?,28?,29-,33-/m1/s1. The molecule has 0 aromatic carbocycles. The molecule has 0 bridgehead atoms. The molecule has 5 heterocycles. The topological polar surface area (TPSA) is 133 Å². The van der Waals surface area contributed by atoms with Crippen LogP contribution < -0.4 is 11.1 Å². The number of hydrogen-bond acceptors (Lipinski definition) is 9. The molecule has 0 aromatic heterocycles. The highest BCUT2D eigenvalue weighted by Gasteiger charge is 2.68. The molecule has 1 spiro atoms. The van der Waals surface area contributed by atoms with E-state index in [-0.39, 0.29) is 59.6 Å². The van der Waals surface area contributed by atoms with Gasteiger partial charge in [-0.15, -0.1) is 0 Å². The number of ketones is 1. The Balaban J connectivity index is 1.11. The van der Waals surface area contributed by atoms with Crippen molar-refractivity contribution in [1.82, 2.24) is 5.32 Å². The maximum atomic E-state index is 14.2. The van der Waals surface area contributed by atoms with Crippen LogP contribution in [0.4, 0.5) is 0 Å². The lowest BCUT2D eigenvalue weighted by Crippen LogP contribution is -2.66. The minimum atomic E-state index is -0.883. The van der Waals surface area contributed by atoms with Gasteiger partial charge in [0, 0.05) is 24.7 Å². The molecule has 2 saturated carbocycles. The Hall–Kier alpha value is -1.10. The fraction of sp³-hybridized carbons (Fsp3) is 0.939. The van der Waals surface area contributed by atoms with Crippen LogP contribution in [0.3, 0.4) is 0 Å². The average Bonchev–Trinajstić information content (AvgIpc) is 3.36. The lowest BCUT2D eigenvalue weighted by molar-refractivity contribution is -0.278. The number of aliphatic hydroxyl groups is 1. The van der Waals surface area contributed by atoms with Gasteiger partial charge in [-0.25, -0.2) is 4.79 Å². The third-order valence-corrected chi connectivity index (χ3v) is 12.6. The van der Waals surface area contributed by atoms with E-state index in [0.29, 0.717) is 25.2 Å². The van der Waals surface area contributed by atoms with Gasteiger partial charge in [-0.2, -0.15) is 0 Å². The fourth-order valence-electron chi connectivity index (χ4n) is 10.6. The third-order valence-electron chi connectivity index (χ3n) is 12.6. The molecule has 236 valence electrons. The van der Waals surface area contributed by atoms with Crippen LogP contribution in [-0.4, -0.2) is 77.4 Å². The normalized spacial score (nSPS) is 50.0. The van der Waals surface area contributed by atoms with Crippen LogP contribution in [0.2, 0.25) is 0 Å². The van der Waals surface area contributed by atoms with E-state index < -0.39 is 29.3 Å². The monoisotopic (exact) mass is 588 g/mol. The quantitative estimate of drug-likeness (QED) is 0.335. The number of hydrogen-bond donors (Lipinski definition) is 3. The van der Waals surface area contributed by atoms with E-state index in [2.05, 4.69) is 5.32 Å². The Bertz CT molecular complexity index is 1060. The third kappa shape index (κ3) is 4.89. The van der Waals surface area contributed by atoms with Crippen molar-refractivity contribution < 1.29 is 33.6 Å². The van der Waals surface area contributed by atoms with E-state index >= 15 is 0 Å². The molecule has 4 N–H and O–H groups in total. The first kappa shape index (κ1) is 29.6. The van der Waals surface area contributed by atoms with Gasteiger partial charge in [0.1, 0.15) is 17.5 Å². The summed E-state index contributed by atoms with van der Waals surface area (Å²) in [6.07, 6.45) is 9.89. The molecule has 0 amide bonds. The molecule has 9 heteroatoms. The minimum absolute atomic E-state index is 0.0451. The van der Waals surface area contributed by atoms with E-state index in [1.807, 2.05) is 20.8 Å². The van der Waals surface area contributed by atoms with E-state index in [1.165, 1.54) is 25.7 Å². The number of piperidine rings is 1. The summed E-state index contributed by atoms with van der Waals surface area (Å²) in [4.78, 5) is 27.2. The highest BCUT2D eigenvalue weighted by Crippen LogP contribution is 2.58. The molecule has 7 rings (SSSR count). The van der Waals surface area contributed by atoms with Crippen molar-refractivity contribution in [2.75, 3.05) is 6.54 Å². The zero-order valence-electron chi connectivity index (χ0n) is 25.7. The summed E-state index contributed by atoms with van der Waals surface area (Å²) in [5.41, 5.74) is 4.91. The Labute approximate surface area is 250 Å². The number of rotatable bonds is 3. The van der Waals surface area contributed by atoms with Gasteiger partial charge in [0.15, 0.2) is 5.60 Å². The van der Waals surface area contributed by atoms with Crippen LogP contribution in [0.15, 0.2) is 0 Å². The molecular weight excluding hydrogens is 536 g/mol. The van der Waals surface area contributed by atoms with Crippen LogP contribution in [0.1, 0.15) is 104 Å². The van der Waals surface area contributed by atoms with Crippen molar-refractivity contribution in [2.45, 2.75) is 158 Å². The largest absolute Gasteiger partial charge is 0.457 e. The summed E-state index contributed by atoms with van der Waals surface area (Å²) in [6, 6.07) is 0. The summed E-state index contributed by atoms with van der Waals surface area (Å²) < 4.78 is 25.8.